The summed E-state index contributed by atoms with van der Waals surface area (Å²) in [5.74, 6) is 0.358. The van der Waals surface area contributed by atoms with Gasteiger partial charge >= 0.3 is 0 Å². The highest BCUT2D eigenvalue weighted by molar-refractivity contribution is 5.85. The first-order chi connectivity index (χ1) is 13.6. The SMILES string of the molecule is C[C@H](Nc1nc(N)nc(N)c1C#N)c1cn(-c2cccnc2)c2cnccc12. The van der Waals surface area contributed by atoms with Gasteiger partial charge in [0.2, 0.25) is 5.95 Å². The average molecular weight is 371 g/mol. The van der Waals surface area contributed by atoms with Crippen molar-refractivity contribution in [2.75, 3.05) is 16.8 Å². The van der Waals surface area contributed by atoms with Gasteiger partial charge in [-0.25, -0.2) is 0 Å². The van der Waals surface area contributed by atoms with Crippen LogP contribution in [0.2, 0.25) is 0 Å². The normalized spacial score (nSPS) is 11.9. The molecule has 0 saturated carbocycles. The molecule has 0 spiro atoms. The number of nitriles is 1. The van der Waals surface area contributed by atoms with Crippen LogP contribution in [0.25, 0.3) is 16.6 Å². The highest BCUT2D eigenvalue weighted by atomic mass is 15.1. The first kappa shape index (κ1) is 17.2. The van der Waals surface area contributed by atoms with Crippen LogP contribution in [0, 0.1) is 11.3 Å². The third-order valence-corrected chi connectivity index (χ3v) is 4.45. The molecule has 9 heteroatoms. The van der Waals surface area contributed by atoms with E-state index in [2.05, 4.69) is 25.3 Å². The minimum Gasteiger partial charge on any atom is -0.382 e. The van der Waals surface area contributed by atoms with Gasteiger partial charge in [0.25, 0.3) is 0 Å². The molecule has 4 aromatic heterocycles. The van der Waals surface area contributed by atoms with E-state index in [4.69, 9.17) is 11.5 Å². The van der Waals surface area contributed by atoms with Gasteiger partial charge in [-0.2, -0.15) is 15.2 Å². The fourth-order valence-corrected chi connectivity index (χ4v) is 3.15. The smallest absolute Gasteiger partial charge is 0.224 e. The summed E-state index contributed by atoms with van der Waals surface area (Å²) in [5.41, 5.74) is 14.5. The summed E-state index contributed by atoms with van der Waals surface area (Å²) in [4.78, 5) is 16.4. The zero-order valence-electron chi connectivity index (χ0n) is 15.0. The Hall–Kier alpha value is -4.19. The number of pyridine rings is 2. The first-order valence-corrected chi connectivity index (χ1v) is 8.53. The van der Waals surface area contributed by atoms with Crippen LogP contribution in [0.15, 0.2) is 49.2 Å². The number of anilines is 3. The summed E-state index contributed by atoms with van der Waals surface area (Å²) in [5, 5.41) is 13.6. The van der Waals surface area contributed by atoms with Crippen LogP contribution in [0.5, 0.6) is 0 Å². The van der Waals surface area contributed by atoms with Gasteiger partial charge < -0.3 is 21.4 Å². The van der Waals surface area contributed by atoms with Crippen LogP contribution in [-0.2, 0) is 0 Å². The van der Waals surface area contributed by atoms with Gasteiger partial charge in [0.15, 0.2) is 5.82 Å². The number of rotatable bonds is 4. The Kier molecular flexibility index (Phi) is 4.21. The Morgan fingerprint density at radius 3 is 2.71 bits per heavy atom. The van der Waals surface area contributed by atoms with Crippen molar-refractivity contribution in [3.05, 3.63) is 60.3 Å². The van der Waals surface area contributed by atoms with Crippen LogP contribution >= 0.6 is 0 Å². The molecular formula is C19H17N9. The van der Waals surface area contributed by atoms with Gasteiger partial charge in [0.1, 0.15) is 17.5 Å². The van der Waals surface area contributed by atoms with Crippen molar-refractivity contribution in [1.82, 2.24) is 24.5 Å². The lowest BCUT2D eigenvalue weighted by Crippen LogP contribution is -2.12. The maximum atomic E-state index is 9.39. The second-order valence-corrected chi connectivity index (χ2v) is 6.23. The predicted octanol–water partition coefficient (Wildman–Crippen LogP) is 2.42. The van der Waals surface area contributed by atoms with Crippen molar-refractivity contribution >= 4 is 28.5 Å². The minimum absolute atomic E-state index is 0.00758. The van der Waals surface area contributed by atoms with Crippen molar-refractivity contribution in [3.63, 3.8) is 0 Å². The summed E-state index contributed by atoms with van der Waals surface area (Å²) in [6.07, 6.45) is 9.08. The summed E-state index contributed by atoms with van der Waals surface area (Å²) >= 11 is 0. The van der Waals surface area contributed by atoms with E-state index in [-0.39, 0.29) is 23.4 Å². The number of hydrogen-bond donors (Lipinski definition) is 3. The van der Waals surface area contributed by atoms with Gasteiger partial charge in [-0.1, -0.05) is 0 Å². The topological polar surface area (TPSA) is 144 Å². The molecule has 1 atom stereocenters. The molecule has 0 saturated heterocycles. The molecule has 0 radical (unpaired) electrons. The largest absolute Gasteiger partial charge is 0.382 e. The number of hydrogen-bond acceptors (Lipinski definition) is 8. The Morgan fingerprint density at radius 1 is 1.14 bits per heavy atom. The van der Waals surface area contributed by atoms with Gasteiger partial charge in [0, 0.05) is 29.5 Å². The summed E-state index contributed by atoms with van der Waals surface area (Å²) < 4.78 is 2.02. The highest BCUT2D eigenvalue weighted by Crippen LogP contribution is 2.31. The van der Waals surface area contributed by atoms with Gasteiger partial charge in [-0.15, -0.1) is 0 Å². The Labute approximate surface area is 160 Å². The standard InChI is InChI=1S/C19H17N9/c1-11(25-18-14(7-20)17(21)26-19(22)27-18)15-10-28(12-3-2-5-23-8-12)16-9-24-6-4-13(15)16/h2-6,8-11H,1H3,(H5,21,22,25,26,27)/t11-/m0/s1. The number of nitrogen functional groups attached to an aromatic ring is 2. The molecule has 0 aliphatic carbocycles. The molecule has 9 nitrogen and oxygen atoms in total. The zero-order chi connectivity index (χ0) is 19.7. The fourth-order valence-electron chi connectivity index (χ4n) is 3.15. The fraction of sp³-hybridized carbons (Fsp3) is 0.105. The Bertz CT molecular complexity index is 1190. The molecule has 0 aliphatic heterocycles. The van der Waals surface area contributed by atoms with Crippen LogP contribution in [0.3, 0.4) is 0 Å². The number of nitrogens with zero attached hydrogens (tertiary/aromatic N) is 6. The number of aromatic nitrogens is 5. The molecular weight excluding hydrogens is 354 g/mol. The van der Waals surface area contributed by atoms with E-state index < -0.39 is 0 Å². The maximum absolute atomic E-state index is 9.39. The number of nitrogens with one attached hydrogen (secondary N) is 1. The molecule has 0 unspecified atom stereocenters. The molecule has 0 aromatic carbocycles. The average Bonchev–Trinajstić information content (AvgIpc) is 3.08. The van der Waals surface area contributed by atoms with Crippen LogP contribution in [-0.4, -0.2) is 24.5 Å². The van der Waals surface area contributed by atoms with E-state index in [1.54, 1.807) is 24.8 Å². The second-order valence-electron chi connectivity index (χ2n) is 6.23. The highest BCUT2D eigenvalue weighted by Gasteiger charge is 2.18. The summed E-state index contributed by atoms with van der Waals surface area (Å²) in [6.45, 7) is 1.97. The predicted molar refractivity (Wildman–Crippen MR) is 106 cm³/mol. The first-order valence-electron chi connectivity index (χ1n) is 8.53. The molecule has 4 aromatic rings. The van der Waals surface area contributed by atoms with E-state index in [0.717, 1.165) is 22.2 Å². The Balaban J connectivity index is 1.79. The van der Waals surface area contributed by atoms with Crippen LogP contribution < -0.4 is 16.8 Å². The number of nitrogens with two attached hydrogens (primary N) is 2. The molecule has 28 heavy (non-hydrogen) atoms. The van der Waals surface area contributed by atoms with Gasteiger partial charge in [-0.05, 0) is 25.1 Å². The summed E-state index contributed by atoms with van der Waals surface area (Å²) in [7, 11) is 0. The van der Waals surface area contributed by atoms with Crippen molar-refractivity contribution < 1.29 is 0 Å². The van der Waals surface area contributed by atoms with E-state index >= 15 is 0 Å². The van der Waals surface area contributed by atoms with Crippen molar-refractivity contribution in [2.45, 2.75) is 13.0 Å². The van der Waals surface area contributed by atoms with E-state index in [9.17, 15) is 5.26 Å². The quantitative estimate of drug-likeness (QED) is 0.496. The molecule has 138 valence electrons. The molecule has 0 fully saturated rings. The minimum atomic E-state index is -0.191. The lowest BCUT2D eigenvalue weighted by molar-refractivity contribution is 0.874. The summed E-state index contributed by atoms with van der Waals surface area (Å²) in [6, 6.07) is 7.63. The lowest BCUT2D eigenvalue weighted by atomic mass is 10.1. The Morgan fingerprint density at radius 2 is 1.96 bits per heavy atom. The molecule has 5 N–H and O–H groups in total. The molecule has 0 bridgehead atoms. The van der Waals surface area contributed by atoms with Crippen LogP contribution in [0.1, 0.15) is 24.1 Å². The third kappa shape index (κ3) is 2.93. The van der Waals surface area contributed by atoms with E-state index in [0.29, 0.717) is 5.82 Å². The molecule has 4 heterocycles. The lowest BCUT2D eigenvalue weighted by Gasteiger charge is -2.16. The van der Waals surface area contributed by atoms with E-state index in [1.165, 1.54) is 0 Å². The molecule has 0 aliphatic rings. The van der Waals surface area contributed by atoms with Crippen molar-refractivity contribution in [3.8, 4) is 11.8 Å². The third-order valence-electron chi connectivity index (χ3n) is 4.45. The van der Waals surface area contributed by atoms with Crippen LogP contribution in [0.4, 0.5) is 17.6 Å². The van der Waals surface area contributed by atoms with E-state index in [1.807, 2.05) is 42.0 Å². The number of fused-ring (bicyclic) bond motifs is 1. The van der Waals surface area contributed by atoms with Crippen molar-refractivity contribution in [2.24, 2.45) is 0 Å². The van der Waals surface area contributed by atoms with Gasteiger partial charge in [-0.3, -0.25) is 9.97 Å². The van der Waals surface area contributed by atoms with Crippen molar-refractivity contribution in [1.29, 1.82) is 5.26 Å². The molecule has 4 rings (SSSR count). The zero-order valence-corrected chi connectivity index (χ0v) is 15.0. The monoisotopic (exact) mass is 371 g/mol. The molecule has 0 amide bonds. The maximum Gasteiger partial charge on any atom is 0.224 e. The van der Waals surface area contributed by atoms with Gasteiger partial charge in [0.05, 0.1) is 29.6 Å². The second kappa shape index (κ2) is 6.85.